The molecule has 0 aliphatic carbocycles. The number of aliphatic hydroxyl groups excluding tert-OH is 4. The van der Waals surface area contributed by atoms with Gasteiger partial charge in [0.15, 0.2) is 0 Å². The van der Waals surface area contributed by atoms with E-state index in [0.29, 0.717) is 32.5 Å². The minimum Gasteiger partial charge on any atom is -0.394 e. The highest BCUT2D eigenvalue weighted by molar-refractivity contribution is 5.14. The second-order valence-corrected chi connectivity index (χ2v) is 13.7. The van der Waals surface area contributed by atoms with Gasteiger partial charge in [-0.15, -0.1) is 0 Å². The fraction of sp³-hybridized carbons (Fsp3) is 0.700. The summed E-state index contributed by atoms with van der Waals surface area (Å²) in [6.45, 7) is 4.49. The molecule has 2 unspecified atom stereocenters. The first-order valence-electron chi connectivity index (χ1n) is 18.6. The second kappa shape index (κ2) is 23.5. The van der Waals surface area contributed by atoms with E-state index < -0.39 is 42.7 Å². The average Bonchev–Trinajstić information content (AvgIpc) is 3.10. The highest BCUT2D eigenvalue weighted by Gasteiger charge is 2.46. The molecular formula is C40H64O7. The lowest BCUT2D eigenvalue weighted by atomic mass is 9.87. The molecule has 0 aromatic heterocycles. The van der Waals surface area contributed by atoms with E-state index >= 15 is 0 Å². The van der Waals surface area contributed by atoms with Crippen LogP contribution in [0.5, 0.6) is 0 Å². The van der Waals surface area contributed by atoms with Gasteiger partial charge in [0.05, 0.1) is 38.1 Å². The maximum atomic E-state index is 11.2. The van der Waals surface area contributed by atoms with Gasteiger partial charge in [0.2, 0.25) is 0 Å². The Kier molecular flexibility index (Phi) is 19.8. The van der Waals surface area contributed by atoms with Crippen LogP contribution in [0.3, 0.4) is 0 Å². The Bertz CT molecular complexity index is 1020. The first kappa shape index (κ1) is 39.6. The van der Waals surface area contributed by atoms with E-state index in [0.717, 1.165) is 24.0 Å². The zero-order valence-electron chi connectivity index (χ0n) is 29.1. The van der Waals surface area contributed by atoms with Crippen molar-refractivity contribution in [1.82, 2.24) is 0 Å². The molecule has 7 nitrogen and oxygen atoms in total. The van der Waals surface area contributed by atoms with Crippen LogP contribution >= 0.6 is 0 Å². The summed E-state index contributed by atoms with van der Waals surface area (Å²) in [4.78, 5) is 0. The molecular weight excluding hydrogens is 592 g/mol. The second-order valence-electron chi connectivity index (χ2n) is 13.7. The van der Waals surface area contributed by atoms with Crippen LogP contribution in [0, 0.1) is 5.92 Å². The van der Waals surface area contributed by atoms with Crippen LogP contribution in [0.2, 0.25) is 0 Å². The molecule has 0 spiro atoms. The van der Waals surface area contributed by atoms with E-state index in [4.69, 9.17) is 14.2 Å². The van der Waals surface area contributed by atoms with Crippen molar-refractivity contribution in [2.24, 2.45) is 5.92 Å². The summed E-state index contributed by atoms with van der Waals surface area (Å²) in [6.07, 6.45) is 11.6. The van der Waals surface area contributed by atoms with E-state index in [1.165, 1.54) is 64.2 Å². The lowest BCUT2D eigenvalue weighted by Gasteiger charge is -2.44. The van der Waals surface area contributed by atoms with Crippen molar-refractivity contribution in [3.8, 4) is 0 Å². The molecule has 0 amide bonds. The molecule has 2 aromatic carbocycles. The van der Waals surface area contributed by atoms with Crippen LogP contribution in [0.1, 0.15) is 121 Å². The third-order valence-electron chi connectivity index (χ3n) is 9.75. The normalized spacial score (nSPS) is 23.4. The van der Waals surface area contributed by atoms with Gasteiger partial charge in [-0.1, -0.05) is 152 Å². The number of benzene rings is 2. The lowest BCUT2D eigenvalue weighted by Crippen LogP contribution is -2.60. The fourth-order valence-electron chi connectivity index (χ4n) is 6.65. The summed E-state index contributed by atoms with van der Waals surface area (Å²) in [7, 11) is 0. The zero-order chi connectivity index (χ0) is 33.7. The minimum atomic E-state index is -1.07. The molecule has 0 bridgehead atoms. The first-order chi connectivity index (χ1) is 22.9. The zero-order valence-corrected chi connectivity index (χ0v) is 29.1. The molecule has 1 aliphatic heterocycles. The number of aliphatic hydroxyl groups is 4. The Hall–Kier alpha value is -1.84. The van der Waals surface area contributed by atoms with Gasteiger partial charge >= 0.3 is 0 Å². The molecule has 8 atom stereocenters. The third-order valence-corrected chi connectivity index (χ3v) is 9.75. The molecule has 1 saturated heterocycles. The standard InChI is InChI=1S/C40H64O7/c1-3-4-5-6-7-8-9-10-11-12-13-20-25-34(42)37(43)31(2)26-27-35-39(45-29-32-21-16-14-17-22-32)40(38(44)36(28-41)47-35)46-30-33-23-18-15-19-24-33/h14-19,21-24,31,34-44H,3-13,20,25-30H2,1-2H3/t31-,34+,35+,36?,37-,38-,39?,40+/m0/s1. The molecule has 3 rings (SSSR count). The van der Waals surface area contributed by atoms with Gasteiger partial charge in [0.1, 0.15) is 24.4 Å². The van der Waals surface area contributed by atoms with Crippen LogP contribution in [0.4, 0.5) is 0 Å². The lowest BCUT2D eigenvalue weighted by molar-refractivity contribution is -0.259. The van der Waals surface area contributed by atoms with Crippen LogP contribution in [0.25, 0.3) is 0 Å². The molecule has 2 aromatic rings. The molecule has 4 N–H and O–H groups in total. The Morgan fingerprint density at radius 1 is 0.660 bits per heavy atom. The third kappa shape index (κ3) is 14.7. The van der Waals surface area contributed by atoms with Crippen molar-refractivity contribution in [3.63, 3.8) is 0 Å². The highest BCUT2D eigenvalue weighted by atomic mass is 16.6. The van der Waals surface area contributed by atoms with Crippen molar-refractivity contribution in [3.05, 3.63) is 71.8 Å². The van der Waals surface area contributed by atoms with Crippen molar-refractivity contribution >= 4 is 0 Å². The molecule has 47 heavy (non-hydrogen) atoms. The predicted octanol–water partition coefficient (Wildman–Crippen LogP) is 7.51. The van der Waals surface area contributed by atoms with Gasteiger partial charge in [-0.2, -0.15) is 0 Å². The Morgan fingerprint density at radius 3 is 1.66 bits per heavy atom. The van der Waals surface area contributed by atoms with E-state index in [1.807, 2.05) is 67.6 Å². The predicted molar refractivity (Wildman–Crippen MR) is 188 cm³/mol. The number of ether oxygens (including phenoxy) is 3. The van der Waals surface area contributed by atoms with Gasteiger partial charge < -0.3 is 34.6 Å². The molecule has 1 aliphatic rings. The molecule has 0 saturated carbocycles. The SMILES string of the molecule is CCCCCCCCCCCCCC[C@@H](O)[C@@H](O)[C@@H](C)CC[C@H]1OC(CO)[C@H](O)[C@@H](OCc2ccccc2)C1OCc1ccccc1. The van der Waals surface area contributed by atoms with Crippen LogP contribution in [0.15, 0.2) is 60.7 Å². The maximum absolute atomic E-state index is 11.2. The van der Waals surface area contributed by atoms with Crippen LogP contribution in [-0.2, 0) is 27.4 Å². The van der Waals surface area contributed by atoms with Gasteiger partial charge in [-0.3, -0.25) is 0 Å². The van der Waals surface area contributed by atoms with Crippen LogP contribution in [-0.4, -0.2) is 69.8 Å². The summed E-state index contributed by atoms with van der Waals surface area (Å²) in [6, 6.07) is 19.6. The monoisotopic (exact) mass is 656 g/mol. The summed E-state index contributed by atoms with van der Waals surface area (Å²) >= 11 is 0. The van der Waals surface area contributed by atoms with E-state index in [2.05, 4.69) is 6.92 Å². The summed E-state index contributed by atoms with van der Waals surface area (Å²) < 4.78 is 18.9. The molecule has 7 heteroatoms. The summed E-state index contributed by atoms with van der Waals surface area (Å²) in [5, 5.41) is 43.0. The van der Waals surface area contributed by atoms with Gasteiger partial charge in [0, 0.05) is 0 Å². The van der Waals surface area contributed by atoms with Crippen LogP contribution < -0.4 is 0 Å². The van der Waals surface area contributed by atoms with Crippen molar-refractivity contribution in [1.29, 1.82) is 0 Å². The van der Waals surface area contributed by atoms with E-state index in [9.17, 15) is 20.4 Å². The minimum absolute atomic E-state index is 0.163. The number of hydrogen-bond acceptors (Lipinski definition) is 7. The van der Waals surface area contributed by atoms with Crippen molar-refractivity contribution in [2.45, 2.75) is 166 Å². The Morgan fingerprint density at radius 2 is 1.15 bits per heavy atom. The molecule has 1 heterocycles. The number of hydrogen-bond donors (Lipinski definition) is 4. The average molecular weight is 657 g/mol. The van der Waals surface area contributed by atoms with Gasteiger partial charge in [0.25, 0.3) is 0 Å². The largest absolute Gasteiger partial charge is 0.394 e. The molecule has 0 radical (unpaired) electrons. The van der Waals surface area contributed by atoms with Gasteiger partial charge in [-0.05, 0) is 36.3 Å². The summed E-state index contributed by atoms with van der Waals surface area (Å²) in [5.41, 5.74) is 1.97. The Balaban J connectivity index is 1.47. The van der Waals surface area contributed by atoms with Crippen molar-refractivity contribution < 1.29 is 34.6 Å². The topological polar surface area (TPSA) is 109 Å². The molecule has 1 fully saturated rings. The highest BCUT2D eigenvalue weighted by Crippen LogP contribution is 2.31. The van der Waals surface area contributed by atoms with E-state index in [-0.39, 0.29) is 12.5 Å². The first-order valence-corrected chi connectivity index (χ1v) is 18.6. The Labute approximate surface area is 284 Å². The quantitative estimate of drug-likeness (QED) is 0.0820. The number of rotatable bonds is 25. The fourth-order valence-corrected chi connectivity index (χ4v) is 6.65. The maximum Gasteiger partial charge on any atom is 0.115 e. The summed E-state index contributed by atoms with van der Waals surface area (Å²) in [5.74, 6) is -0.163. The van der Waals surface area contributed by atoms with Gasteiger partial charge in [-0.25, -0.2) is 0 Å². The molecule has 266 valence electrons. The van der Waals surface area contributed by atoms with E-state index in [1.54, 1.807) is 0 Å². The smallest absolute Gasteiger partial charge is 0.115 e. The van der Waals surface area contributed by atoms with Crippen molar-refractivity contribution in [2.75, 3.05) is 6.61 Å². The number of unbranched alkanes of at least 4 members (excludes halogenated alkanes) is 11.